The molecule has 0 saturated carbocycles. The number of aliphatic carboxylic acids is 1. The van der Waals surface area contributed by atoms with Crippen LogP contribution in [0.3, 0.4) is 0 Å². The van der Waals surface area contributed by atoms with Gasteiger partial charge in [-0.15, -0.1) is 16.7 Å². The van der Waals surface area contributed by atoms with Gasteiger partial charge >= 0.3 is 5.97 Å². The first-order valence-electron chi connectivity index (χ1n) is 10.5. The molecule has 2 aromatic rings. The van der Waals surface area contributed by atoms with Crippen molar-refractivity contribution in [2.45, 2.75) is 43.7 Å². The van der Waals surface area contributed by atoms with E-state index >= 15 is 0 Å². The number of carboxylic acid groups (broad SMARTS) is 1. The maximum absolute atomic E-state index is 12.9. The highest BCUT2D eigenvalue weighted by Gasteiger charge is 2.44. The number of hydrogen-bond donors (Lipinski definition) is 3. The molecule has 2 aromatic carbocycles. The predicted molar refractivity (Wildman–Crippen MR) is 126 cm³/mol. The van der Waals surface area contributed by atoms with E-state index in [-0.39, 0.29) is 17.4 Å². The Morgan fingerprint density at radius 1 is 1.26 bits per heavy atom. The lowest BCUT2D eigenvalue weighted by molar-refractivity contribution is -0.144. The summed E-state index contributed by atoms with van der Waals surface area (Å²) in [6.45, 7) is 5.09. The number of para-hydroxylation sites is 1. The van der Waals surface area contributed by atoms with Crippen molar-refractivity contribution in [2.75, 3.05) is 6.61 Å². The Bertz CT molecular complexity index is 1120. The summed E-state index contributed by atoms with van der Waals surface area (Å²) in [5.74, 6) is -2.05. The van der Waals surface area contributed by atoms with Crippen molar-refractivity contribution in [2.24, 2.45) is 5.18 Å². The van der Waals surface area contributed by atoms with E-state index < -0.39 is 41.4 Å². The van der Waals surface area contributed by atoms with E-state index in [1.54, 1.807) is 37.3 Å². The van der Waals surface area contributed by atoms with Gasteiger partial charge in [0.15, 0.2) is 6.61 Å². The number of aromatic hydroxyl groups is 1. The van der Waals surface area contributed by atoms with Crippen LogP contribution in [0.2, 0.25) is 0 Å². The molecule has 1 fully saturated rings. The van der Waals surface area contributed by atoms with Gasteiger partial charge in [-0.05, 0) is 47.3 Å². The number of carbonyl (C=O) groups excluding carboxylic acids is 2. The second kappa shape index (κ2) is 10.6. The Labute approximate surface area is 200 Å². The lowest BCUT2D eigenvalue weighted by Gasteiger charge is -2.25. The first-order chi connectivity index (χ1) is 16.1. The predicted octanol–water partition coefficient (Wildman–Crippen LogP) is 3.75. The van der Waals surface area contributed by atoms with Crippen LogP contribution in [0, 0.1) is 11.8 Å². The maximum Gasteiger partial charge on any atom is 0.305 e. The largest absolute Gasteiger partial charge is 0.508 e. The molecule has 0 spiro atoms. The third-order valence-corrected chi connectivity index (χ3v) is 6.68. The Morgan fingerprint density at radius 2 is 1.97 bits per heavy atom. The molecule has 1 heterocycles. The van der Waals surface area contributed by atoms with Crippen molar-refractivity contribution in [3.05, 3.63) is 58.0 Å². The fourth-order valence-corrected chi connectivity index (χ4v) is 4.94. The van der Waals surface area contributed by atoms with Crippen molar-refractivity contribution in [3.63, 3.8) is 0 Å². The molecule has 1 aliphatic heterocycles. The van der Waals surface area contributed by atoms with Crippen LogP contribution in [0.4, 0.5) is 5.69 Å². The average Bonchev–Trinajstić information content (AvgIpc) is 3.06. The maximum atomic E-state index is 12.9. The minimum Gasteiger partial charge on any atom is -0.508 e. The summed E-state index contributed by atoms with van der Waals surface area (Å²) in [4.78, 5) is 47.8. The number of nitrogens with one attached hydrogen (secondary N) is 1. The lowest BCUT2D eigenvalue weighted by Crippen LogP contribution is -2.47. The second-order valence-electron chi connectivity index (χ2n) is 8.09. The third-order valence-electron chi connectivity index (χ3n) is 5.26. The van der Waals surface area contributed by atoms with Gasteiger partial charge in [0.25, 0.3) is 11.8 Å². The molecule has 10 nitrogen and oxygen atoms in total. The number of nitrogens with zero attached hydrogens (tertiary/aromatic N) is 2. The number of ether oxygens (including phenoxy) is 1. The number of hydrogen-bond acceptors (Lipinski definition) is 8. The molecule has 2 atom stereocenters. The number of thioether (sulfide) groups is 1. The molecule has 2 unspecified atom stereocenters. The number of rotatable bonds is 9. The molecule has 180 valence electrons. The van der Waals surface area contributed by atoms with E-state index in [2.05, 4.69) is 10.6 Å². The van der Waals surface area contributed by atoms with Gasteiger partial charge in [-0.25, -0.2) is 5.01 Å². The molecular formula is C23H25N3O7S. The average molecular weight is 488 g/mol. The van der Waals surface area contributed by atoms with Crippen molar-refractivity contribution in [1.29, 1.82) is 0 Å². The molecule has 11 heteroatoms. The molecule has 0 aromatic heterocycles. The fraction of sp³-hybridized carbons (Fsp3) is 0.348. The third kappa shape index (κ3) is 5.48. The zero-order valence-electron chi connectivity index (χ0n) is 18.8. The SMILES string of the molecule is Cc1cc(OCC(=O)NN2C(=O)C(CC(=O)O)SC2c2ccccc2O)c(C(C)C)cc1N=O. The standard InChI is InChI=1S/C23H25N3O7S/c1-12(2)15-9-16(25-32)13(3)8-18(15)33-11-20(28)24-26-22(31)19(10-21(29)30)34-23(26)14-6-4-5-7-17(14)27/h4-9,12,19,23,27H,10-11H2,1-3H3,(H,24,28)(H,29,30). The van der Waals surface area contributed by atoms with Gasteiger partial charge in [-0.3, -0.25) is 19.8 Å². The van der Waals surface area contributed by atoms with Crippen molar-refractivity contribution < 1.29 is 29.3 Å². The van der Waals surface area contributed by atoms with Crippen LogP contribution in [0.15, 0.2) is 41.6 Å². The Hall–Kier alpha value is -3.60. The highest BCUT2D eigenvalue weighted by molar-refractivity contribution is 8.01. The topological polar surface area (TPSA) is 146 Å². The van der Waals surface area contributed by atoms with Crippen LogP contribution in [0.25, 0.3) is 0 Å². The van der Waals surface area contributed by atoms with Crippen molar-refractivity contribution >= 4 is 35.2 Å². The van der Waals surface area contributed by atoms with Crippen LogP contribution in [-0.2, 0) is 14.4 Å². The van der Waals surface area contributed by atoms with Gasteiger partial charge in [0.05, 0.1) is 11.7 Å². The molecule has 3 N–H and O–H groups in total. The number of amides is 2. The van der Waals surface area contributed by atoms with E-state index in [0.717, 1.165) is 16.8 Å². The summed E-state index contributed by atoms with van der Waals surface area (Å²) in [6, 6.07) is 9.57. The monoisotopic (exact) mass is 487 g/mol. The summed E-state index contributed by atoms with van der Waals surface area (Å²) in [7, 11) is 0. The zero-order valence-corrected chi connectivity index (χ0v) is 19.7. The number of benzene rings is 2. The highest BCUT2D eigenvalue weighted by atomic mass is 32.2. The number of hydrazine groups is 1. The van der Waals surface area contributed by atoms with Gasteiger partial charge in [0.2, 0.25) is 0 Å². The van der Waals surface area contributed by atoms with Crippen LogP contribution in [0.1, 0.15) is 48.3 Å². The van der Waals surface area contributed by atoms with E-state index in [1.807, 2.05) is 13.8 Å². The summed E-state index contributed by atoms with van der Waals surface area (Å²) in [5, 5.41) is 21.7. The van der Waals surface area contributed by atoms with E-state index in [1.165, 1.54) is 6.07 Å². The minimum absolute atomic E-state index is 0.00191. The van der Waals surface area contributed by atoms with E-state index in [9.17, 15) is 24.4 Å². The summed E-state index contributed by atoms with van der Waals surface area (Å²) >= 11 is 1.03. The van der Waals surface area contributed by atoms with Crippen LogP contribution >= 0.6 is 11.8 Å². The van der Waals surface area contributed by atoms with Crippen molar-refractivity contribution in [3.8, 4) is 11.5 Å². The minimum atomic E-state index is -1.15. The quantitative estimate of drug-likeness (QED) is 0.453. The number of phenolic OH excluding ortho intramolecular Hbond substituents is 1. The van der Waals surface area contributed by atoms with Gasteiger partial charge in [0, 0.05) is 5.56 Å². The summed E-state index contributed by atoms with van der Waals surface area (Å²) in [6.07, 6.45) is -0.426. The number of carboxylic acids is 1. The Balaban J connectivity index is 1.78. The molecule has 1 aliphatic rings. The summed E-state index contributed by atoms with van der Waals surface area (Å²) < 4.78 is 5.70. The first kappa shape index (κ1) is 25.0. The molecule has 0 radical (unpaired) electrons. The summed E-state index contributed by atoms with van der Waals surface area (Å²) in [5.41, 5.74) is 4.44. The number of phenols is 1. The van der Waals surface area contributed by atoms with Crippen LogP contribution in [0.5, 0.6) is 11.5 Å². The van der Waals surface area contributed by atoms with Crippen LogP contribution in [-0.4, -0.2) is 44.9 Å². The second-order valence-corrected chi connectivity index (χ2v) is 9.38. The number of nitroso groups, excluding NO2 is 1. The molecule has 2 amide bonds. The lowest BCUT2D eigenvalue weighted by atomic mass is 9.99. The molecule has 0 aliphatic carbocycles. The van der Waals surface area contributed by atoms with Gasteiger partial charge in [-0.2, -0.15) is 0 Å². The van der Waals surface area contributed by atoms with Gasteiger partial charge in [0.1, 0.15) is 22.6 Å². The Morgan fingerprint density at radius 3 is 2.59 bits per heavy atom. The normalized spacial score (nSPS) is 17.6. The molecular weight excluding hydrogens is 462 g/mol. The Kier molecular flexibility index (Phi) is 7.77. The van der Waals surface area contributed by atoms with Gasteiger partial charge < -0.3 is 14.9 Å². The number of carbonyl (C=O) groups is 3. The number of aryl methyl sites for hydroxylation is 1. The zero-order chi connectivity index (χ0) is 25.0. The van der Waals surface area contributed by atoms with E-state index in [0.29, 0.717) is 22.4 Å². The molecule has 0 bridgehead atoms. The smallest absolute Gasteiger partial charge is 0.305 e. The molecule has 34 heavy (non-hydrogen) atoms. The first-order valence-corrected chi connectivity index (χ1v) is 11.4. The van der Waals surface area contributed by atoms with Crippen LogP contribution < -0.4 is 10.2 Å². The van der Waals surface area contributed by atoms with E-state index in [4.69, 9.17) is 9.84 Å². The molecule has 3 rings (SSSR count). The highest BCUT2D eigenvalue weighted by Crippen LogP contribution is 2.45. The van der Waals surface area contributed by atoms with Gasteiger partial charge in [-0.1, -0.05) is 32.0 Å². The van der Waals surface area contributed by atoms with Crippen molar-refractivity contribution in [1.82, 2.24) is 10.4 Å². The molecule has 1 saturated heterocycles. The fourth-order valence-electron chi connectivity index (χ4n) is 3.53.